The summed E-state index contributed by atoms with van der Waals surface area (Å²) < 4.78 is 63.6. The predicted molar refractivity (Wildman–Crippen MR) is 71.6 cm³/mol. The molecule has 5 nitrogen and oxygen atoms in total. The van der Waals surface area contributed by atoms with E-state index in [0.29, 0.717) is 0 Å². The number of hydrogen-bond donors (Lipinski definition) is 2. The minimum atomic E-state index is -5.32. The first-order valence-electron chi connectivity index (χ1n) is 5.10. The molecule has 0 bridgehead atoms. The Morgan fingerprint density at radius 3 is 2.29 bits per heavy atom. The molecule has 0 amide bonds. The Hall–Kier alpha value is -0.840. The molecule has 0 saturated heterocycles. The van der Waals surface area contributed by atoms with Gasteiger partial charge in [-0.15, -0.1) is 0 Å². The van der Waals surface area contributed by atoms with Gasteiger partial charge in [0.25, 0.3) is 0 Å². The summed E-state index contributed by atoms with van der Waals surface area (Å²) in [6, 6.07) is 3.06. The van der Waals surface area contributed by atoms with E-state index < -0.39 is 32.6 Å². The average Bonchev–Trinajstić information content (AvgIpc) is 2.30. The molecule has 1 atom stereocenters. The average molecular weight is 411 g/mol. The number of sulfonamides is 1. The fraction of sp³-hybridized carbons (Fsp3) is 0.300. The fourth-order valence-corrected chi connectivity index (χ4v) is 3.22. The van der Waals surface area contributed by atoms with Crippen LogP contribution in [0.1, 0.15) is 6.92 Å². The molecule has 1 unspecified atom stereocenters. The molecule has 1 aromatic carbocycles. The number of aliphatic carboxylic acids is 1. The number of hydrogen-bond acceptors (Lipinski definition) is 3. The van der Waals surface area contributed by atoms with Crippen LogP contribution in [0.15, 0.2) is 27.6 Å². The molecule has 0 aliphatic carbocycles. The zero-order chi connectivity index (χ0) is 16.6. The first kappa shape index (κ1) is 18.2. The van der Waals surface area contributed by atoms with Gasteiger partial charge in [-0.1, -0.05) is 11.6 Å². The van der Waals surface area contributed by atoms with Crippen molar-refractivity contribution in [3.8, 4) is 0 Å². The molecule has 2 N–H and O–H groups in total. The quantitative estimate of drug-likeness (QED) is 0.799. The summed E-state index contributed by atoms with van der Waals surface area (Å²) in [5.41, 5.74) is -3.65. The second-order valence-corrected chi connectivity index (χ2v) is 7.05. The lowest BCUT2D eigenvalue weighted by Crippen LogP contribution is -2.61. The van der Waals surface area contributed by atoms with Gasteiger partial charge in [0.2, 0.25) is 15.6 Å². The largest absolute Gasteiger partial charge is 0.480 e. The Kier molecular flexibility index (Phi) is 4.98. The molecule has 0 aromatic heterocycles. The van der Waals surface area contributed by atoms with E-state index in [-0.39, 0.29) is 16.4 Å². The summed E-state index contributed by atoms with van der Waals surface area (Å²) in [5.74, 6) is -2.37. The van der Waals surface area contributed by atoms with Gasteiger partial charge in [-0.2, -0.15) is 17.9 Å². The third kappa shape index (κ3) is 3.68. The molecule has 0 aliphatic rings. The number of rotatable bonds is 4. The molecule has 0 saturated carbocycles. The molecule has 1 rings (SSSR count). The highest BCUT2D eigenvalue weighted by Crippen LogP contribution is 2.33. The van der Waals surface area contributed by atoms with Crippen LogP contribution in [-0.4, -0.2) is 31.2 Å². The highest BCUT2D eigenvalue weighted by atomic mass is 79.9. The second kappa shape index (κ2) is 5.75. The monoisotopic (exact) mass is 409 g/mol. The number of alkyl halides is 3. The highest BCUT2D eigenvalue weighted by Gasteiger charge is 2.59. The number of carboxylic acids is 1. The summed E-state index contributed by atoms with van der Waals surface area (Å²) >= 11 is 8.57. The van der Waals surface area contributed by atoms with Crippen molar-refractivity contribution in [2.75, 3.05) is 0 Å². The summed E-state index contributed by atoms with van der Waals surface area (Å²) in [4.78, 5) is 10.3. The molecule has 21 heavy (non-hydrogen) atoms. The fourth-order valence-electron chi connectivity index (χ4n) is 1.19. The molecule has 0 fully saturated rings. The van der Waals surface area contributed by atoms with Gasteiger partial charge in [-0.05, 0) is 41.1 Å². The van der Waals surface area contributed by atoms with Crippen molar-refractivity contribution in [1.82, 2.24) is 4.72 Å². The van der Waals surface area contributed by atoms with Crippen molar-refractivity contribution in [3.63, 3.8) is 0 Å². The standard InChI is InChI=1S/C10H8BrClF3NO4S/c1-9(8(17)18,10(13,14)15)16-21(19,20)5-2-3-7(12)6(11)4-5/h2-4,16H,1H3,(H,17,18). The number of carbonyl (C=O) groups is 1. The summed E-state index contributed by atoms with van der Waals surface area (Å²) in [6.07, 6.45) is -5.32. The van der Waals surface area contributed by atoms with Gasteiger partial charge in [0, 0.05) is 4.47 Å². The van der Waals surface area contributed by atoms with Crippen LogP contribution in [0, 0.1) is 0 Å². The highest BCUT2D eigenvalue weighted by molar-refractivity contribution is 9.10. The zero-order valence-corrected chi connectivity index (χ0v) is 13.4. The summed E-state index contributed by atoms with van der Waals surface area (Å²) in [6.45, 7) is 0.220. The predicted octanol–water partition coefficient (Wildman–Crippen LogP) is 2.79. The lowest BCUT2D eigenvalue weighted by atomic mass is 10.0. The van der Waals surface area contributed by atoms with E-state index in [1.165, 1.54) is 0 Å². The van der Waals surface area contributed by atoms with E-state index in [9.17, 15) is 26.4 Å². The van der Waals surface area contributed by atoms with Crippen LogP contribution in [0.25, 0.3) is 0 Å². The second-order valence-electron chi connectivity index (χ2n) is 4.11. The van der Waals surface area contributed by atoms with E-state index in [2.05, 4.69) is 15.9 Å². The maximum absolute atomic E-state index is 12.8. The maximum Gasteiger partial charge on any atom is 0.418 e. The van der Waals surface area contributed by atoms with Gasteiger partial charge in [0.15, 0.2) is 0 Å². The van der Waals surface area contributed by atoms with Gasteiger partial charge in [-0.25, -0.2) is 13.2 Å². The van der Waals surface area contributed by atoms with E-state index in [0.717, 1.165) is 22.9 Å². The topological polar surface area (TPSA) is 83.5 Å². The number of benzene rings is 1. The normalized spacial score (nSPS) is 15.5. The Labute approximate surface area is 131 Å². The number of nitrogens with one attached hydrogen (secondary N) is 1. The van der Waals surface area contributed by atoms with Gasteiger partial charge < -0.3 is 5.11 Å². The molecule has 0 heterocycles. The van der Waals surface area contributed by atoms with Gasteiger partial charge in [0.1, 0.15) is 0 Å². The molecular formula is C10H8BrClF3NO4S. The molecule has 118 valence electrons. The van der Waals surface area contributed by atoms with Crippen molar-refractivity contribution in [2.24, 2.45) is 0 Å². The van der Waals surface area contributed by atoms with Crippen LogP contribution in [-0.2, 0) is 14.8 Å². The molecule has 11 heteroatoms. The van der Waals surface area contributed by atoms with Crippen LogP contribution >= 0.6 is 27.5 Å². The first-order valence-corrected chi connectivity index (χ1v) is 7.76. The van der Waals surface area contributed by atoms with Crippen molar-refractivity contribution in [2.45, 2.75) is 23.5 Å². The van der Waals surface area contributed by atoms with Gasteiger partial charge in [0.05, 0.1) is 9.92 Å². The summed E-state index contributed by atoms with van der Waals surface area (Å²) in [7, 11) is -4.72. The van der Waals surface area contributed by atoms with E-state index in [4.69, 9.17) is 16.7 Å². The lowest BCUT2D eigenvalue weighted by Gasteiger charge is -2.28. The third-order valence-corrected chi connectivity index (χ3v) is 5.30. The van der Waals surface area contributed by atoms with E-state index in [1.54, 1.807) is 0 Å². The number of halogens is 5. The third-order valence-electron chi connectivity index (χ3n) is 2.53. The van der Waals surface area contributed by atoms with Crippen LogP contribution in [0.5, 0.6) is 0 Å². The Bertz CT molecular complexity index is 679. The molecule has 0 spiro atoms. The smallest absolute Gasteiger partial charge is 0.418 e. The molecule has 1 aromatic rings. The minimum Gasteiger partial charge on any atom is -0.480 e. The number of carboxylic acid groups (broad SMARTS) is 1. The van der Waals surface area contributed by atoms with Crippen molar-refractivity contribution in [1.29, 1.82) is 0 Å². The lowest BCUT2D eigenvalue weighted by molar-refractivity contribution is -0.201. The van der Waals surface area contributed by atoms with Crippen LogP contribution in [0.2, 0.25) is 5.02 Å². The zero-order valence-electron chi connectivity index (χ0n) is 10.2. The van der Waals surface area contributed by atoms with E-state index >= 15 is 0 Å². The van der Waals surface area contributed by atoms with Crippen LogP contribution in [0.3, 0.4) is 0 Å². The molecule has 0 radical (unpaired) electrons. The Balaban J connectivity index is 3.31. The molecule has 0 aliphatic heterocycles. The Morgan fingerprint density at radius 1 is 1.38 bits per heavy atom. The molecular weight excluding hydrogens is 403 g/mol. The van der Waals surface area contributed by atoms with Crippen LogP contribution in [0.4, 0.5) is 13.2 Å². The maximum atomic E-state index is 12.8. The SMILES string of the molecule is CC(NS(=O)(=O)c1ccc(Cl)c(Br)c1)(C(=O)O)C(F)(F)F. The van der Waals surface area contributed by atoms with E-state index in [1.807, 2.05) is 0 Å². The van der Waals surface area contributed by atoms with Gasteiger partial charge >= 0.3 is 12.1 Å². The Morgan fingerprint density at radius 2 is 1.90 bits per heavy atom. The van der Waals surface area contributed by atoms with Crippen molar-refractivity contribution < 1.29 is 31.5 Å². The van der Waals surface area contributed by atoms with Gasteiger partial charge in [-0.3, -0.25) is 0 Å². The minimum absolute atomic E-state index is 0.135. The summed E-state index contributed by atoms with van der Waals surface area (Å²) in [5, 5.41) is 8.84. The first-order chi connectivity index (χ1) is 9.31. The van der Waals surface area contributed by atoms with Crippen LogP contribution < -0.4 is 4.72 Å². The van der Waals surface area contributed by atoms with Crippen molar-refractivity contribution >= 4 is 43.5 Å². The van der Waals surface area contributed by atoms with Crippen molar-refractivity contribution in [3.05, 3.63) is 27.7 Å².